The van der Waals surface area contributed by atoms with Crippen LogP contribution in [0.1, 0.15) is 25.2 Å². The molecule has 0 aliphatic heterocycles. The van der Waals surface area contributed by atoms with Gasteiger partial charge in [0.05, 0.1) is 16.4 Å². The van der Waals surface area contributed by atoms with E-state index in [9.17, 15) is 4.39 Å². The third-order valence-corrected chi connectivity index (χ3v) is 3.59. The van der Waals surface area contributed by atoms with Gasteiger partial charge in [-0.15, -0.1) is 0 Å². The van der Waals surface area contributed by atoms with Gasteiger partial charge in [-0.3, -0.25) is 4.68 Å². The number of aryl methyl sites for hydroxylation is 2. The van der Waals surface area contributed by atoms with Gasteiger partial charge in [-0.25, -0.2) is 4.39 Å². The molecule has 2 N–H and O–H groups in total. The average Bonchev–Trinajstić information content (AvgIpc) is 2.44. The van der Waals surface area contributed by atoms with Crippen molar-refractivity contribution in [2.75, 3.05) is 6.54 Å². The van der Waals surface area contributed by atoms with Crippen LogP contribution in [0.2, 0.25) is 5.02 Å². The van der Waals surface area contributed by atoms with Crippen molar-refractivity contribution in [3.63, 3.8) is 0 Å². The monoisotopic (exact) mass is 247 g/mol. The maximum atomic E-state index is 14.5. The molecule has 0 fully saturated rings. The van der Waals surface area contributed by atoms with Crippen LogP contribution in [0.15, 0.2) is 0 Å². The van der Waals surface area contributed by atoms with E-state index in [1.54, 1.807) is 11.7 Å². The van der Waals surface area contributed by atoms with Crippen LogP contribution in [-0.4, -0.2) is 22.0 Å². The normalized spacial score (nSPS) is 15.5. The van der Waals surface area contributed by atoms with E-state index >= 15 is 0 Å². The molecular formula is C11H19ClFN3. The largest absolute Gasteiger partial charge is 0.328 e. The molecule has 0 saturated carbocycles. The zero-order chi connectivity index (χ0) is 12.5. The van der Waals surface area contributed by atoms with E-state index in [0.717, 1.165) is 5.69 Å². The van der Waals surface area contributed by atoms with Crippen molar-refractivity contribution >= 4 is 11.6 Å². The van der Waals surface area contributed by atoms with E-state index in [1.165, 1.54) is 0 Å². The molecule has 0 amide bonds. The van der Waals surface area contributed by atoms with E-state index < -0.39 is 5.67 Å². The molecule has 1 atom stereocenters. The van der Waals surface area contributed by atoms with E-state index in [0.29, 0.717) is 10.7 Å². The highest BCUT2D eigenvalue weighted by Gasteiger charge is 2.34. The average molecular weight is 248 g/mol. The van der Waals surface area contributed by atoms with Crippen LogP contribution >= 0.6 is 11.6 Å². The van der Waals surface area contributed by atoms with E-state index in [2.05, 4.69) is 5.10 Å². The third kappa shape index (κ3) is 2.38. The van der Waals surface area contributed by atoms with Crippen LogP contribution in [-0.2, 0) is 13.5 Å². The molecule has 16 heavy (non-hydrogen) atoms. The van der Waals surface area contributed by atoms with Crippen molar-refractivity contribution in [1.29, 1.82) is 0 Å². The molecule has 3 nitrogen and oxygen atoms in total. The maximum Gasteiger partial charge on any atom is 0.131 e. The molecule has 1 aromatic rings. The standard InChI is InChI=1S/C11H19ClFN3/c1-7(2)11(13,6-14)5-9-10(12)8(3)15-16(9)4/h7H,5-6,14H2,1-4H3. The molecule has 0 radical (unpaired) electrons. The summed E-state index contributed by atoms with van der Waals surface area (Å²) < 4.78 is 16.1. The van der Waals surface area contributed by atoms with Crippen LogP contribution in [0, 0.1) is 12.8 Å². The quantitative estimate of drug-likeness (QED) is 0.887. The fraction of sp³-hybridized carbons (Fsp3) is 0.727. The van der Waals surface area contributed by atoms with Crippen molar-refractivity contribution < 1.29 is 4.39 Å². The van der Waals surface area contributed by atoms with Crippen molar-refractivity contribution in [1.82, 2.24) is 9.78 Å². The summed E-state index contributed by atoms with van der Waals surface area (Å²) in [6.45, 7) is 5.45. The highest BCUT2D eigenvalue weighted by molar-refractivity contribution is 6.31. The highest BCUT2D eigenvalue weighted by Crippen LogP contribution is 2.30. The summed E-state index contributed by atoms with van der Waals surface area (Å²) in [6.07, 6.45) is 0.206. The van der Waals surface area contributed by atoms with Gasteiger partial charge in [0.25, 0.3) is 0 Å². The van der Waals surface area contributed by atoms with Crippen LogP contribution in [0.5, 0.6) is 0 Å². The van der Waals surface area contributed by atoms with Gasteiger partial charge in [0.1, 0.15) is 5.67 Å². The molecule has 0 aliphatic rings. The summed E-state index contributed by atoms with van der Waals surface area (Å²) in [5.41, 5.74) is 5.52. The molecule has 0 bridgehead atoms. The van der Waals surface area contributed by atoms with Gasteiger partial charge in [-0.1, -0.05) is 25.4 Å². The smallest absolute Gasteiger partial charge is 0.131 e. The molecule has 5 heteroatoms. The van der Waals surface area contributed by atoms with Gasteiger partial charge in [-0.2, -0.15) is 5.10 Å². The number of nitrogens with zero attached hydrogens (tertiary/aromatic N) is 2. The minimum atomic E-state index is -1.43. The van der Waals surface area contributed by atoms with Gasteiger partial charge >= 0.3 is 0 Å². The van der Waals surface area contributed by atoms with Crippen LogP contribution in [0.25, 0.3) is 0 Å². The lowest BCUT2D eigenvalue weighted by Crippen LogP contribution is -2.41. The minimum Gasteiger partial charge on any atom is -0.328 e. The van der Waals surface area contributed by atoms with Crippen LogP contribution < -0.4 is 5.73 Å². The van der Waals surface area contributed by atoms with Gasteiger partial charge < -0.3 is 5.73 Å². The van der Waals surface area contributed by atoms with E-state index in [4.69, 9.17) is 17.3 Å². The maximum absolute atomic E-state index is 14.5. The van der Waals surface area contributed by atoms with Crippen LogP contribution in [0.3, 0.4) is 0 Å². The predicted molar refractivity (Wildman–Crippen MR) is 64.4 cm³/mol. The molecule has 92 valence electrons. The molecule has 1 rings (SSSR count). The van der Waals surface area contributed by atoms with Gasteiger partial charge in [0, 0.05) is 20.0 Å². The Kier molecular flexibility index (Phi) is 3.97. The number of rotatable bonds is 4. The zero-order valence-corrected chi connectivity index (χ0v) is 11.0. The van der Waals surface area contributed by atoms with Crippen molar-refractivity contribution in [2.24, 2.45) is 18.7 Å². The molecule has 0 saturated heterocycles. The topological polar surface area (TPSA) is 43.8 Å². The molecular weight excluding hydrogens is 229 g/mol. The Labute approximate surface area is 101 Å². The lowest BCUT2D eigenvalue weighted by Gasteiger charge is -2.27. The Balaban J connectivity index is 3.03. The Hall–Kier alpha value is -0.610. The van der Waals surface area contributed by atoms with Crippen molar-refractivity contribution in [2.45, 2.75) is 32.9 Å². The first-order chi connectivity index (χ1) is 7.31. The number of hydrogen-bond donors (Lipinski definition) is 1. The fourth-order valence-corrected chi connectivity index (χ4v) is 1.89. The minimum absolute atomic E-state index is 0.00871. The lowest BCUT2D eigenvalue weighted by atomic mass is 9.87. The molecule has 1 aromatic heterocycles. The predicted octanol–water partition coefficient (Wildman–Crippen LogP) is 2.25. The summed E-state index contributed by atoms with van der Waals surface area (Å²) in [6, 6.07) is 0. The fourth-order valence-electron chi connectivity index (χ4n) is 1.66. The summed E-state index contributed by atoms with van der Waals surface area (Å²) in [5.74, 6) is -0.149. The first-order valence-electron chi connectivity index (χ1n) is 5.38. The number of aromatic nitrogens is 2. The van der Waals surface area contributed by atoms with E-state index in [1.807, 2.05) is 20.8 Å². The highest BCUT2D eigenvalue weighted by atomic mass is 35.5. The van der Waals surface area contributed by atoms with Crippen LogP contribution in [0.4, 0.5) is 4.39 Å². The van der Waals surface area contributed by atoms with Crippen molar-refractivity contribution in [3.8, 4) is 0 Å². The van der Waals surface area contributed by atoms with Gasteiger partial charge in [0.15, 0.2) is 0 Å². The Morgan fingerprint density at radius 2 is 2.12 bits per heavy atom. The number of halogens is 2. The zero-order valence-electron chi connectivity index (χ0n) is 10.2. The molecule has 0 aromatic carbocycles. The number of alkyl halides is 1. The second-order valence-corrected chi connectivity index (χ2v) is 4.92. The third-order valence-electron chi connectivity index (χ3n) is 3.10. The summed E-state index contributed by atoms with van der Waals surface area (Å²) in [7, 11) is 1.77. The Bertz CT molecular complexity index is 376. The van der Waals surface area contributed by atoms with Crippen molar-refractivity contribution in [3.05, 3.63) is 16.4 Å². The molecule has 1 heterocycles. The SMILES string of the molecule is Cc1nn(C)c(CC(F)(CN)C(C)C)c1Cl. The first-order valence-corrected chi connectivity index (χ1v) is 5.76. The summed E-state index contributed by atoms with van der Waals surface area (Å²) in [4.78, 5) is 0. The van der Waals surface area contributed by atoms with Gasteiger partial charge in [0.2, 0.25) is 0 Å². The Morgan fingerprint density at radius 1 is 1.56 bits per heavy atom. The summed E-state index contributed by atoms with van der Waals surface area (Å²) >= 11 is 6.09. The second-order valence-electron chi connectivity index (χ2n) is 4.54. The summed E-state index contributed by atoms with van der Waals surface area (Å²) in [5, 5.41) is 4.71. The number of hydrogen-bond acceptors (Lipinski definition) is 2. The molecule has 0 aliphatic carbocycles. The first kappa shape index (κ1) is 13.5. The molecule has 0 spiro atoms. The van der Waals surface area contributed by atoms with E-state index in [-0.39, 0.29) is 18.9 Å². The Morgan fingerprint density at radius 3 is 2.44 bits per heavy atom. The number of nitrogens with two attached hydrogens (primary N) is 1. The molecule has 1 unspecified atom stereocenters. The second kappa shape index (κ2) is 4.72. The van der Waals surface area contributed by atoms with Gasteiger partial charge in [-0.05, 0) is 12.8 Å². The lowest BCUT2D eigenvalue weighted by molar-refractivity contribution is 0.108.